The van der Waals surface area contributed by atoms with Crippen molar-refractivity contribution < 1.29 is 9.53 Å². The van der Waals surface area contributed by atoms with Crippen molar-refractivity contribution in [1.82, 2.24) is 0 Å². The summed E-state index contributed by atoms with van der Waals surface area (Å²) in [5, 5.41) is 2.24. The Bertz CT molecular complexity index is 897. The fraction of sp³-hybridized carbons (Fsp3) is 0.519. The van der Waals surface area contributed by atoms with Gasteiger partial charge in [0.2, 0.25) is 0 Å². The van der Waals surface area contributed by atoms with Crippen molar-refractivity contribution in [2.75, 3.05) is 0 Å². The number of fused-ring (bicyclic) bond motifs is 1. The van der Waals surface area contributed by atoms with Gasteiger partial charge in [0.25, 0.3) is 0 Å². The van der Waals surface area contributed by atoms with E-state index >= 15 is 0 Å². The molecule has 0 bridgehead atoms. The van der Waals surface area contributed by atoms with Gasteiger partial charge >= 0.3 is 5.97 Å². The normalized spacial score (nSPS) is 11.2. The molecule has 0 aromatic heterocycles. The largest absolute Gasteiger partial charge is 0.425 e. The summed E-state index contributed by atoms with van der Waals surface area (Å²) in [6.45, 7) is 10.4. The summed E-state index contributed by atoms with van der Waals surface area (Å²) in [7, 11) is -1.54. The molecule has 30 heavy (non-hydrogen) atoms. The fourth-order valence-electron chi connectivity index (χ4n) is 3.60. The Kier molecular flexibility index (Phi) is 9.66. The predicted octanol–water partition coefficient (Wildman–Crippen LogP) is 7.68. The van der Waals surface area contributed by atoms with Gasteiger partial charge in [-0.25, -0.2) is 0 Å². The summed E-state index contributed by atoms with van der Waals surface area (Å²) in [5.74, 6) is 3.59. The average Bonchev–Trinajstić information content (AvgIpc) is 2.68. The molecule has 0 N–H and O–H groups in total. The molecule has 0 heterocycles. The first-order chi connectivity index (χ1) is 14.3. The van der Waals surface area contributed by atoms with Crippen molar-refractivity contribution in [2.24, 2.45) is 0 Å². The molecule has 2 nitrogen and oxygen atoms in total. The number of unbranched alkanes of at least 4 members (excludes halogenated alkanes) is 7. The number of rotatable bonds is 10. The first-order valence-corrected chi connectivity index (χ1v) is 15.1. The van der Waals surface area contributed by atoms with Crippen LogP contribution in [-0.4, -0.2) is 14.0 Å². The minimum atomic E-state index is -1.54. The van der Waals surface area contributed by atoms with Crippen LogP contribution in [-0.2, 0) is 11.2 Å². The monoisotopic (exact) mass is 422 g/mol. The average molecular weight is 423 g/mol. The van der Waals surface area contributed by atoms with E-state index < -0.39 is 8.07 Å². The number of esters is 1. The smallest absolute Gasteiger partial charge is 0.308 e. The van der Waals surface area contributed by atoms with Crippen molar-refractivity contribution in [1.29, 1.82) is 0 Å². The molecule has 0 spiro atoms. The molecule has 0 radical (unpaired) electrons. The lowest BCUT2D eigenvalue weighted by Gasteiger charge is -2.11. The van der Waals surface area contributed by atoms with E-state index in [1.165, 1.54) is 69.2 Å². The van der Waals surface area contributed by atoms with Crippen LogP contribution in [0.4, 0.5) is 0 Å². The minimum Gasteiger partial charge on any atom is -0.425 e. The second-order valence-electron chi connectivity index (χ2n) is 9.31. The van der Waals surface area contributed by atoms with Crippen LogP contribution in [0.2, 0.25) is 19.6 Å². The van der Waals surface area contributed by atoms with E-state index in [-0.39, 0.29) is 5.97 Å². The Hall–Kier alpha value is -2.05. The number of hydrogen-bond donors (Lipinski definition) is 0. The van der Waals surface area contributed by atoms with Crippen LogP contribution in [0.3, 0.4) is 0 Å². The maximum absolute atomic E-state index is 11.5. The summed E-state index contributed by atoms with van der Waals surface area (Å²) in [4.78, 5) is 11.5. The molecule has 2 aromatic rings. The Morgan fingerprint density at radius 1 is 0.933 bits per heavy atom. The summed E-state index contributed by atoms with van der Waals surface area (Å²) in [5.41, 5.74) is 5.63. The van der Waals surface area contributed by atoms with E-state index in [2.05, 4.69) is 56.2 Å². The van der Waals surface area contributed by atoms with Crippen molar-refractivity contribution >= 4 is 24.8 Å². The molecular formula is C27H38O2Si. The molecule has 0 aliphatic heterocycles. The first-order valence-electron chi connectivity index (χ1n) is 11.6. The zero-order chi connectivity index (χ0) is 22.0. The highest BCUT2D eigenvalue weighted by Crippen LogP contribution is 2.29. The highest BCUT2D eigenvalue weighted by Gasteiger charge is 2.12. The second kappa shape index (κ2) is 12.0. The number of hydrogen-bond acceptors (Lipinski definition) is 2. The van der Waals surface area contributed by atoms with E-state index in [1.807, 2.05) is 12.1 Å². The fourth-order valence-corrected chi connectivity index (χ4v) is 4.10. The molecule has 3 heteroatoms. The SMILES string of the molecule is CCCCCCCCCCc1ccc2c(C#C[Si](C)(C)C)c(OC(C)=O)ccc2c1. The van der Waals surface area contributed by atoms with Gasteiger partial charge in [0.15, 0.2) is 0 Å². The van der Waals surface area contributed by atoms with Crippen LogP contribution in [0, 0.1) is 11.5 Å². The molecule has 0 unspecified atom stereocenters. The van der Waals surface area contributed by atoms with Gasteiger partial charge in [-0.05, 0) is 29.9 Å². The van der Waals surface area contributed by atoms with E-state index in [9.17, 15) is 4.79 Å². The van der Waals surface area contributed by atoms with Crippen LogP contribution in [0.5, 0.6) is 5.75 Å². The molecule has 0 saturated carbocycles. The Morgan fingerprint density at radius 2 is 1.60 bits per heavy atom. The van der Waals surface area contributed by atoms with E-state index in [0.717, 1.165) is 17.4 Å². The zero-order valence-corrected chi connectivity index (χ0v) is 20.6. The molecule has 0 aliphatic rings. The maximum atomic E-state index is 11.5. The molecule has 162 valence electrons. The van der Waals surface area contributed by atoms with E-state index in [4.69, 9.17) is 4.74 Å². The quantitative estimate of drug-likeness (QED) is 0.129. The number of carbonyl (C=O) groups excluding carboxylic acids is 1. The number of carbonyl (C=O) groups is 1. The van der Waals surface area contributed by atoms with Gasteiger partial charge in [0.1, 0.15) is 13.8 Å². The van der Waals surface area contributed by atoms with E-state index in [1.54, 1.807) is 0 Å². The summed E-state index contributed by atoms with van der Waals surface area (Å²) < 4.78 is 5.45. The Morgan fingerprint density at radius 3 is 2.23 bits per heavy atom. The molecule has 0 fully saturated rings. The molecular weight excluding hydrogens is 384 g/mol. The summed E-state index contributed by atoms with van der Waals surface area (Å²) in [6, 6.07) is 10.6. The topological polar surface area (TPSA) is 26.3 Å². The molecule has 0 amide bonds. The third kappa shape index (κ3) is 8.36. The molecule has 2 rings (SSSR count). The predicted molar refractivity (Wildman–Crippen MR) is 132 cm³/mol. The molecule has 0 atom stereocenters. The van der Waals surface area contributed by atoms with Crippen molar-refractivity contribution in [3.05, 3.63) is 41.5 Å². The second-order valence-corrected chi connectivity index (χ2v) is 14.1. The van der Waals surface area contributed by atoms with Gasteiger partial charge in [-0.1, -0.05) is 102 Å². The van der Waals surface area contributed by atoms with Gasteiger partial charge in [0.05, 0.1) is 5.56 Å². The highest BCUT2D eigenvalue weighted by molar-refractivity contribution is 6.83. The first kappa shape index (κ1) is 24.2. The minimum absolute atomic E-state index is 0.309. The van der Waals surface area contributed by atoms with Gasteiger partial charge in [-0.2, -0.15) is 0 Å². The highest BCUT2D eigenvalue weighted by atomic mass is 28.3. The maximum Gasteiger partial charge on any atom is 0.308 e. The molecule has 0 saturated heterocycles. The summed E-state index contributed by atoms with van der Waals surface area (Å²) >= 11 is 0. The van der Waals surface area contributed by atoms with Crippen LogP contribution < -0.4 is 4.74 Å². The number of benzene rings is 2. The Labute approximate surface area is 184 Å². The Balaban J connectivity index is 2.10. The zero-order valence-electron chi connectivity index (χ0n) is 19.6. The van der Waals surface area contributed by atoms with Gasteiger partial charge in [0, 0.05) is 12.3 Å². The lowest BCUT2D eigenvalue weighted by atomic mass is 9.98. The van der Waals surface area contributed by atoms with Crippen LogP contribution in [0.15, 0.2) is 30.3 Å². The molecule has 2 aromatic carbocycles. The number of ether oxygens (including phenoxy) is 1. The third-order valence-electron chi connectivity index (χ3n) is 5.18. The lowest BCUT2D eigenvalue weighted by Crippen LogP contribution is -2.16. The van der Waals surface area contributed by atoms with E-state index in [0.29, 0.717) is 5.75 Å². The standard InChI is InChI=1S/C27H38O2Si/c1-6-7-8-9-10-11-12-13-14-23-15-17-25-24(21-23)16-18-27(29-22(2)28)26(25)19-20-30(3,4)5/h15-18,21H,6-14H2,1-5H3. The van der Waals surface area contributed by atoms with Gasteiger partial charge < -0.3 is 4.74 Å². The van der Waals surface area contributed by atoms with Gasteiger partial charge in [-0.3, -0.25) is 4.79 Å². The van der Waals surface area contributed by atoms with Crippen molar-refractivity contribution in [3.8, 4) is 17.2 Å². The summed E-state index contributed by atoms with van der Waals surface area (Å²) in [6.07, 6.45) is 11.9. The lowest BCUT2D eigenvalue weighted by molar-refractivity contribution is -0.131. The van der Waals surface area contributed by atoms with Crippen LogP contribution in [0.25, 0.3) is 10.8 Å². The molecule has 0 aliphatic carbocycles. The number of aryl methyl sites for hydroxylation is 1. The van der Waals surface area contributed by atoms with Crippen LogP contribution in [0.1, 0.15) is 76.3 Å². The third-order valence-corrected chi connectivity index (χ3v) is 6.06. The van der Waals surface area contributed by atoms with Crippen molar-refractivity contribution in [3.63, 3.8) is 0 Å². The van der Waals surface area contributed by atoms with Crippen LogP contribution >= 0.6 is 0 Å². The van der Waals surface area contributed by atoms with Crippen molar-refractivity contribution in [2.45, 2.75) is 91.3 Å². The van der Waals surface area contributed by atoms with Gasteiger partial charge in [-0.15, -0.1) is 5.54 Å².